The van der Waals surface area contributed by atoms with Crippen LogP contribution in [0.15, 0.2) is 28.9 Å². The van der Waals surface area contributed by atoms with E-state index in [2.05, 4.69) is 10.3 Å². The van der Waals surface area contributed by atoms with Crippen molar-refractivity contribution in [3.8, 4) is 6.08 Å². The van der Waals surface area contributed by atoms with Gasteiger partial charge in [-0.05, 0) is 44.4 Å². The van der Waals surface area contributed by atoms with Gasteiger partial charge < -0.3 is 14.5 Å². The molecule has 1 saturated carbocycles. The molecule has 8 heteroatoms. The minimum absolute atomic E-state index is 0.00528. The predicted molar refractivity (Wildman–Crippen MR) is 86.1 cm³/mol. The van der Waals surface area contributed by atoms with Crippen molar-refractivity contribution in [1.82, 2.24) is 4.98 Å². The van der Waals surface area contributed by atoms with E-state index in [1.165, 1.54) is 29.4 Å². The van der Waals surface area contributed by atoms with Gasteiger partial charge in [-0.15, -0.1) is 0 Å². The number of amides is 2. The van der Waals surface area contributed by atoms with Crippen molar-refractivity contribution in [1.29, 1.82) is 0 Å². The van der Waals surface area contributed by atoms with Crippen LogP contribution in [0.4, 0.5) is 15.8 Å². The van der Waals surface area contributed by atoms with Crippen molar-refractivity contribution in [3.05, 3.63) is 36.0 Å². The summed E-state index contributed by atoms with van der Waals surface area (Å²) in [5.74, 6) is -1.27. The van der Waals surface area contributed by atoms with Crippen LogP contribution in [0, 0.1) is 5.82 Å². The Morgan fingerprint density at radius 2 is 2.28 bits per heavy atom. The normalized spacial score (nSPS) is 17.7. The summed E-state index contributed by atoms with van der Waals surface area (Å²) >= 11 is 0. The third-order valence-corrected chi connectivity index (χ3v) is 4.65. The van der Waals surface area contributed by atoms with Crippen LogP contribution in [-0.4, -0.2) is 28.9 Å². The van der Waals surface area contributed by atoms with Gasteiger partial charge in [-0.1, -0.05) is 0 Å². The maximum absolute atomic E-state index is 13.6. The molecule has 130 valence electrons. The number of hydrogen-bond acceptors (Lipinski definition) is 5. The summed E-state index contributed by atoms with van der Waals surface area (Å²) in [4.78, 5) is 31.2. The zero-order valence-corrected chi connectivity index (χ0v) is 13.5. The highest BCUT2D eigenvalue weighted by Crippen LogP contribution is 2.47. The quantitative estimate of drug-likeness (QED) is 0.924. The van der Waals surface area contributed by atoms with Crippen LogP contribution < -0.4 is 15.0 Å². The predicted octanol–water partition coefficient (Wildman–Crippen LogP) is 2.73. The van der Waals surface area contributed by atoms with Crippen molar-refractivity contribution in [3.63, 3.8) is 0 Å². The first-order chi connectivity index (χ1) is 12.0. The number of halogens is 1. The first-order valence-corrected chi connectivity index (χ1v) is 8.09. The summed E-state index contributed by atoms with van der Waals surface area (Å²) in [7, 11) is 0. The van der Waals surface area contributed by atoms with Gasteiger partial charge in [-0.25, -0.2) is 4.39 Å². The molecular formula is C17H16FN3O4. The van der Waals surface area contributed by atoms with E-state index in [1.54, 1.807) is 6.92 Å². The molecule has 7 nitrogen and oxygen atoms in total. The molecule has 25 heavy (non-hydrogen) atoms. The molecule has 2 heterocycles. The van der Waals surface area contributed by atoms with Gasteiger partial charge >= 0.3 is 6.08 Å². The zero-order valence-electron chi connectivity index (χ0n) is 13.5. The number of anilines is 2. The van der Waals surface area contributed by atoms with Crippen LogP contribution in [0.3, 0.4) is 0 Å². The molecular weight excluding hydrogens is 329 g/mol. The second-order valence-electron chi connectivity index (χ2n) is 6.07. The fourth-order valence-corrected chi connectivity index (χ4v) is 3.30. The van der Waals surface area contributed by atoms with Crippen molar-refractivity contribution in [2.75, 3.05) is 16.8 Å². The first-order valence-electron chi connectivity index (χ1n) is 8.09. The Hall–Kier alpha value is -2.90. The number of oxazole rings is 1. The molecule has 1 N–H and O–H groups in total. The third-order valence-electron chi connectivity index (χ3n) is 4.65. The van der Waals surface area contributed by atoms with Gasteiger partial charge in [0.25, 0.3) is 11.8 Å². The highest BCUT2D eigenvalue weighted by Gasteiger charge is 2.55. The number of ether oxygens (including phenoxy) is 1. The van der Waals surface area contributed by atoms with Gasteiger partial charge in [-0.3, -0.25) is 14.5 Å². The fraction of sp³-hybridized carbons (Fsp3) is 0.353. The molecule has 2 aromatic rings. The SMILES string of the molecule is CCOc1nc(C(=O)N2c3ccc(F)cc3NC(=O)C23CCC3)co1. The van der Waals surface area contributed by atoms with E-state index in [-0.39, 0.29) is 23.4 Å². The van der Waals surface area contributed by atoms with Crippen molar-refractivity contribution < 1.29 is 23.1 Å². The highest BCUT2D eigenvalue weighted by molar-refractivity contribution is 6.18. The molecule has 4 rings (SSSR count). The van der Waals surface area contributed by atoms with E-state index in [0.717, 1.165) is 6.42 Å². The molecule has 2 aliphatic rings. The Bertz CT molecular complexity index is 859. The number of rotatable bonds is 3. The van der Waals surface area contributed by atoms with Crippen molar-refractivity contribution in [2.24, 2.45) is 0 Å². The van der Waals surface area contributed by atoms with E-state index in [0.29, 0.717) is 25.1 Å². The van der Waals surface area contributed by atoms with Crippen LogP contribution in [0.2, 0.25) is 0 Å². The molecule has 0 saturated heterocycles. The summed E-state index contributed by atoms with van der Waals surface area (Å²) in [5.41, 5.74) is -0.206. The van der Waals surface area contributed by atoms with Gasteiger partial charge in [0, 0.05) is 0 Å². The topological polar surface area (TPSA) is 84.7 Å². The van der Waals surface area contributed by atoms with E-state index >= 15 is 0 Å². The zero-order chi connectivity index (χ0) is 17.6. The molecule has 0 unspecified atom stereocenters. The first kappa shape index (κ1) is 15.6. The standard InChI is InChI=1S/C17H16FN3O4/c1-2-24-16-20-12(9-25-16)14(22)21-13-5-4-10(18)8-11(13)19-15(23)17(21)6-3-7-17/h4-5,8-9H,2-3,6-7H2,1H3,(H,19,23). The lowest BCUT2D eigenvalue weighted by Gasteiger charge is -2.51. The molecule has 0 radical (unpaired) electrons. The van der Waals surface area contributed by atoms with E-state index in [9.17, 15) is 14.0 Å². The van der Waals surface area contributed by atoms with Gasteiger partial charge in [-0.2, -0.15) is 4.98 Å². The second-order valence-corrected chi connectivity index (χ2v) is 6.07. The number of nitrogens with one attached hydrogen (secondary N) is 1. The van der Waals surface area contributed by atoms with Gasteiger partial charge in [0.2, 0.25) is 0 Å². The molecule has 2 amide bonds. The smallest absolute Gasteiger partial charge is 0.394 e. The highest BCUT2D eigenvalue weighted by atomic mass is 19.1. The van der Waals surface area contributed by atoms with Crippen LogP contribution >= 0.6 is 0 Å². The van der Waals surface area contributed by atoms with Crippen molar-refractivity contribution >= 4 is 23.2 Å². The summed E-state index contributed by atoms with van der Waals surface area (Å²) in [5, 5.41) is 2.71. The van der Waals surface area contributed by atoms with Gasteiger partial charge in [0.1, 0.15) is 17.6 Å². The van der Waals surface area contributed by atoms with E-state index < -0.39 is 17.3 Å². The lowest BCUT2D eigenvalue weighted by atomic mass is 9.72. The summed E-state index contributed by atoms with van der Waals surface area (Å²) in [6.07, 6.45) is 3.11. The molecule has 1 aromatic heterocycles. The molecule has 1 spiro atoms. The molecule has 0 bridgehead atoms. The fourth-order valence-electron chi connectivity index (χ4n) is 3.30. The van der Waals surface area contributed by atoms with E-state index in [4.69, 9.17) is 9.15 Å². The van der Waals surface area contributed by atoms with Crippen LogP contribution in [-0.2, 0) is 4.79 Å². The Balaban J connectivity index is 1.79. The molecule has 1 aromatic carbocycles. The van der Waals surface area contributed by atoms with E-state index in [1.807, 2.05) is 0 Å². The Kier molecular flexibility index (Phi) is 3.48. The minimum Gasteiger partial charge on any atom is -0.450 e. The molecule has 1 fully saturated rings. The number of benzene rings is 1. The number of carbonyl (C=O) groups is 2. The summed E-state index contributed by atoms with van der Waals surface area (Å²) < 4.78 is 23.8. The number of aromatic nitrogens is 1. The molecule has 1 aliphatic carbocycles. The number of carbonyl (C=O) groups excluding carboxylic acids is 2. The van der Waals surface area contributed by atoms with Crippen LogP contribution in [0.1, 0.15) is 36.7 Å². The van der Waals surface area contributed by atoms with Crippen molar-refractivity contribution in [2.45, 2.75) is 31.7 Å². The Labute approximate surface area is 142 Å². The largest absolute Gasteiger partial charge is 0.450 e. The minimum atomic E-state index is -0.966. The van der Waals surface area contributed by atoms with Gasteiger partial charge in [0.05, 0.1) is 18.0 Å². The van der Waals surface area contributed by atoms with Crippen LogP contribution in [0.25, 0.3) is 0 Å². The number of fused-ring (bicyclic) bond motifs is 1. The summed E-state index contributed by atoms with van der Waals surface area (Å²) in [6, 6.07) is 3.95. The number of hydrogen-bond donors (Lipinski definition) is 1. The maximum Gasteiger partial charge on any atom is 0.394 e. The monoisotopic (exact) mass is 345 g/mol. The van der Waals surface area contributed by atoms with Crippen LogP contribution in [0.5, 0.6) is 6.08 Å². The maximum atomic E-state index is 13.6. The Morgan fingerprint density at radius 1 is 1.48 bits per heavy atom. The average Bonchev–Trinajstić information content (AvgIpc) is 3.00. The lowest BCUT2D eigenvalue weighted by Crippen LogP contribution is -2.65. The molecule has 1 aliphatic heterocycles. The van der Waals surface area contributed by atoms with Gasteiger partial charge in [0.15, 0.2) is 5.69 Å². The third kappa shape index (κ3) is 2.28. The second kappa shape index (κ2) is 5.58. The summed E-state index contributed by atoms with van der Waals surface area (Å²) in [6.45, 7) is 2.13. The molecule has 0 atom stereocenters. The Morgan fingerprint density at radius 3 is 2.96 bits per heavy atom. The lowest BCUT2D eigenvalue weighted by molar-refractivity contribution is -0.124. The average molecular weight is 345 g/mol. The number of nitrogens with zero attached hydrogens (tertiary/aromatic N) is 2.